The van der Waals surface area contributed by atoms with Crippen LogP contribution in [0, 0.1) is 6.92 Å². The van der Waals surface area contributed by atoms with Crippen molar-refractivity contribution in [1.82, 2.24) is 4.98 Å². The number of hydrogen-bond acceptors (Lipinski definition) is 4. The van der Waals surface area contributed by atoms with Crippen LogP contribution in [0.5, 0.6) is 0 Å². The van der Waals surface area contributed by atoms with Gasteiger partial charge in [-0.3, -0.25) is 0 Å². The molecule has 19 heavy (non-hydrogen) atoms. The maximum atomic E-state index is 11.0. The molecule has 2 aromatic rings. The fourth-order valence-electron chi connectivity index (χ4n) is 1.67. The lowest BCUT2D eigenvalue weighted by Crippen LogP contribution is -2.09. The van der Waals surface area contributed by atoms with Crippen molar-refractivity contribution in [2.24, 2.45) is 0 Å². The molecular formula is C13H13ClN2O2S. The quantitative estimate of drug-likeness (QED) is 0.896. The summed E-state index contributed by atoms with van der Waals surface area (Å²) in [5, 5.41) is 12.3. The topological polar surface area (TPSA) is 62.2 Å². The average Bonchev–Trinajstić information content (AvgIpc) is 2.78. The second-order valence-corrected chi connectivity index (χ2v) is 5.84. The highest BCUT2D eigenvalue weighted by Gasteiger charge is 2.15. The van der Waals surface area contributed by atoms with Gasteiger partial charge in [0.1, 0.15) is 5.82 Å². The first-order valence-corrected chi connectivity index (χ1v) is 6.89. The smallest absolute Gasteiger partial charge is 0.337 e. The summed E-state index contributed by atoms with van der Waals surface area (Å²) < 4.78 is 0. The summed E-state index contributed by atoms with van der Waals surface area (Å²) in [7, 11) is 0. The molecule has 6 heteroatoms. The maximum absolute atomic E-state index is 11.0. The van der Waals surface area contributed by atoms with Gasteiger partial charge >= 0.3 is 5.97 Å². The van der Waals surface area contributed by atoms with Gasteiger partial charge in [0.05, 0.1) is 16.6 Å². The lowest BCUT2D eigenvalue weighted by Gasteiger charge is -2.14. The van der Waals surface area contributed by atoms with Gasteiger partial charge in [-0.2, -0.15) is 0 Å². The molecule has 0 radical (unpaired) electrons. The average molecular weight is 297 g/mol. The molecule has 0 saturated carbocycles. The monoisotopic (exact) mass is 296 g/mol. The number of carbonyl (C=O) groups is 1. The summed E-state index contributed by atoms with van der Waals surface area (Å²) in [6.07, 6.45) is 1.43. The molecule has 2 heterocycles. The number of aromatic carboxylic acids is 1. The van der Waals surface area contributed by atoms with Crippen molar-refractivity contribution in [3.8, 4) is 0 Å². The van der Waals surface area contributed by atoms with Crippen LogP contribution >= 0.6 is 22.9 Å². The summed E-state index contributed by atoms with van der Waals surface area (Å²) in [6, 6.07) is 5.48. The molecule has 0 bridgehead atoms. The number of anilines is 1. The predicted molar refractivity (Wildman–Crippen MR) is 77.3 cm³/mol. The molecule has 2 rings (SSSR count). The number of thiophene rings is 1. The third-order valence-corrected chi connectivity index (χ3v) is 4.23. The Labute approximate surface area is 120 Å². The van der Waals surface area contributed by atoms with Gasteiger partial charge in [-0.15, -0.1) is 11.3 Å². The first kappa shape index (κ1) is 13.8. The highest BCUT2D eigenvalue weighted by molar-refractivity contribution is 7.12. The normalized spacial score (nSPS) is 12.2. The number of hydrogen-bond donors (Lipinski definition) is 2. The number of pyridine rings is 1. The number of rotatable bonds is 4. The minimum Gasteiger partial charge on any atom is -0.478 e. The molecule has 2 N–H and O–H groups in total. The van der Waals surface area contributed by atoms with Crippen LogP contribution in [0.15, 0.2) is 24.4 Å². The van der Waals surface area contributed by atoms with Crippen molar-refractivity contribution < 1.29 is 9.90 Å². The standard InChI is InChI=1S/C13H13ClN2O2S/c1-7-3-4-10(19-7)8(2)16-12-11(14)9(13(17)18)5-6-15-12/h3-6,8H,1-2H3,(H,15,16)(H,17,18). The van der Waals surface area contributed by atoms with Crippen LogP contribution in [0.4, 0.5) is 5.82 Å². The molecule has 0 aromatic carbocycles. The fourth-order valence-corrected chi connectivity index (χ4v) is 2.80. The number of nitrogens with one attached hydrogen (secondary N) is 1. The highest BCUT2D eigenvalue weighted by atomic mass is 35.5. The molecule has 0 aliphatic rings. The Morgan fingerprint density at radius 1 is 1.47 bits per heavy atom. The molecule has 0 aliphatic carbocycles. The Kier molecular flexibility index (Phi) is 4.07. The van der Waals surface area contributed by atoms with E-state index in [4.69, 9.17) is 16.7 Å². The number of carboxylic acid groups (broad SMARTS) is 1. The van der Waals surface area contributed by atoms with E-state index in [1.807, 2.05) is 26.0 Å². The molecule has 100 valence electrons. The summed E-state index contributed by atoms with van der Waals surface area (Å²) in [5.41, 5.74) is 0.0497. The summed E-state index contributed by atoms with van der Waals surface area (Å²) in [5.74, 6) is -0.671. The third-order valence-electron chi connectivity index (χ3n) is 2.66. The van der Waals surface area contributed by atoms with E-state index in [-0.39, 0.29) is 16.6 Å². The molecular weight excluding hydrogens is 284 g/mol. The molecule has 0 aliphatic heterocycles. The van der Waals surface area contributed by atoms with Gasteiger partial charge < -0.3 is 10.4 Å². The second-order valence-electron chi connectivity index (χ2n) is 4.14. The number of halogens is 1. The van der Waals surface area contributed by atoms with Crippen LogP contribution in [-0.4, -0.2) is 16.1 Å². The molecule has 1 atom stereocenters. The molecule has 0 spiro atoms. The SMILES string of the molecule is Cc1ccc(C(C)Nc2nccc(C(=O)O)c2Cl)s1. The third kappa shape index (κ3) is 3.05. The van der Waals surface area contributed by atoms with E-state index in [9.17, 15) is 4.79 Å². The lowest BCUT2D eigenvalue weighted by atomic mass is 10.2. The first-order valence-electron chi connectivity index (χ1n) is 5.69. The van der Waals surface area contributed by atoms with Gasteiger partial charge in [-0.1, -0.05) is 11.6 Å². The van der Waals surface area contributed by atoms with Crippen LogP contribution < -0.4 is 5.32 Å². The molecule has 0 amide bonds. The van der Waals surface area contributed by atoms with Crippen molar-refractivity contribution in [3.63, 3.8) is 0 Å². The van der Waals surface area contributed by atoms with Gasteiger partial charge in [0, 0.05) is 16.0 Å². The largest absolute Gasteiger partial charge is 0.478 e. The van der Waals surface area contributed by atoms with Crippen LogP contribution in [0.1, 0.15) is 33.1 Å². The summed E-state index contributed by atoms with van der Waals surface area (Å²) in [6.45, 7) is 4.02. The molecule has 4 nitrogen and oxygen atoms in total. The Morgan fingerprint density at radius 3 is 2.79 bits per heavy atom. The van der Waals surface area contributed by atoms with Crippen LogP contribution in [0.3, 0.4) is 0 Å². The lowest BCUT2D eigenvalue weighted by molar-refractivity contribution is 0.0697. The zero-order valence-electron chi connectivity index (χ0n) is 10.5. The van der Waals surface area contributed by atoms with E-state index < -0.39 is 5.97 Å². The van der Waals surface area contributed by atoms with Gasteiger partial charge in [0.25, 0.3) is 0 Å². The van der Waals surface area contributed by atoms with Gasteiger partial charge in [0.15, 0.2) is 0 Å². The van der Waals surface area contributed by atoms with Crippen molar-refractivity contribution in [3.05, 3.63) is 44.7 Å². The zero-order valence-corrected chi connectivity index (χ0v) is 12.0. The van der Waals surface area contributed by atoms with Gasteiger partial charge in [-0.05, 0) is 32.0 Å². The highest BCUT2D eigenvalue weighted by Crippen LogP contribution is 2.29. The first-order chi connectivity index (χ1) is 8.99. The molecule has 0 saturated heterocycles. The van der Waals surface area contributed by atoms with Crippen molar-refractivity contribution in [2.45, 2.75) is 19.9 Å². The van der Waals surface area contributed by atoms with Gasteiger partial charge in [0.2, 0.25) is 0 Å². The Bertz CT molecular complexity index is 612. The van der Waals surface area contributed by atoms with Crippen LogP contribution in [-0.2, 0) is 0 Å². The van der Waals surface area contributed by atoms with Crippen molar-refractivity contribution >= 4 is 34.7 Å². The minimum absolute atomic E-state index is 0.0211. The van der Waals surface area contributed by atoms with Crippen molar-refractivity contribution in [2.75, 3.05) is 5.32 Å². The minimum atomic E-state index is -1.06. The number of nitrogens with zero attached hydrogens (tertiary/aromatic N) is 1. The van der Waals surface area contributed by atoms with Gasteiger partial charge in [-0.25, -0.2) is 9.78 Å². The Morgan fingerprint density at radius 2 is 2.21 bits per heavy atom. The predicted octanol–water partition coefficient (Wildman–Crippen LogP) is 3.98. The Hall–Kier alpha value is -1.59. The van der Waals surface area contributed by atoms with Crippen LogP contribution in [0.25, 0.3) is 0 Å². The van der Waals surface area contributed by atoms with Crippen LogP contribution in [0.2, 0.25) is 5.02 Å². The number of carboxylic acids is 1. The van der Waals surface area contributed by atoms with E-state index in [1.54, 1.807) is 11.3 Å². The molecule has 1 unspecified atom stereocenters. The molecule has 0 fully saturated rings. The fraction of sp³-hybridized carbons (Fsp3) is 0.231. The van der Waals surface area contributed by atoms with E-state index >= 15 is 0 Å². The number of aryl methyl sites for hydroxylation is 1. The van der Waals surface area contributed by atoms with E-state index in [1.165, 1.54) is 17.1 Å². The summed E-state index contributed by atoms with van der Waals surface area (Å²) in [4.78, 5) is 17.5. The summed E-state index contributed by atoms with van der Waals surface area (Å²) >= 11 is 7.72. The van der Waals surface area contributed by atoms with E-state index in [0.29, 0.717) is 5.82 Å². The Balaban J connectivity index is 2.24. The number of aromatic nitrogens is 1. The van der Waals surface area contributed by atoms with Crippen molar-refractivity contribution in [1.29, 1.82) is 0 Å². The van der Waals surface area contributed by atoms with E-state index in [0.717, 1.165) is 4.88 Å². The molecule has 2 aromatic heterocycles. The second kappa shape index (κ2) is 5.59. The maximum Gasteiger partial charge on any atom is 0.337 e. The van der Waals surface area contributed by atoms with E-state index in [2.05, 4.69) is 10.3 Å². The zero-order chi connectivity index (χ0) is 14.0.